The summed E-state index contributed by atoms with van der Waals surface area (Å²) in [6, 6.07) is 5.36. The maximum absolute atomic E-state index is 11.1. The summed E-state index contributed by atoms with van der Waals surface area (Å²) < 4.78 is 5.44. The van der Waals surface area contributed by atoms with E-state index in [-0.39, 0.29) is 12.4 Å². The van der Waals surface area contributed by atoms with Gasteiger partial charge in [0.25, 0.3) is 0 Å². The molecule has 0 atom stereocenters. The number of aryl methyl sites for hydroxylation is 1. The number of rotatable bonds is 5. The third kappa shape index (κ3) is 3.36. The zero-order valence-electron chi connectivity index (χ0n) is 9.12. The maximum Gasteiger partial charge on any atom is 0.159 e. The quantitative estimate of drug-likeness (QED) is 0.594. The van der Waals surface area contributed by atoms with Crippen molar-refractivity contribution in [1.29, 1.82) is 0 Å². The predicted octanol–water partition coefficient (Wildman–Crippen LogP) is 1.96. The van der Waals surface area contributed by atoms with Gasteiger partial charge in [0, 0.05) is 18.6 Å². The first-order valence-electron chi connectivity index (χ1n) is 5.00. The number of benzene rings is 1. The van der Waals surface area contributed by atoms with Crippen molar-refractivity contribution in [2.24, 2.45) is 0 Å². The smallest absolute Gasteiger partial charge is 0.159 e. The molecule has 1 rings (SSSR count). The summed E-state index contributed by atoms with van der Waals surface area (Å²) in [6.45, 7) is 4.07. The van der Waals surface area contributed by atoms with Crippen LogP contribution in [0.5, 0.6) is 5.75 Å². The Labute approximate surface area is 89.7 Å². The second-order valence-electron chi connectivity index (χ2n) is 3.46. The molecule has 0 saturated heterocycles. The predicted molar refractivity (Wildman–Crippen MR) is 58.4 cm³/mol. The molecule has 3 heteroatoms. The molecule has 0 heterocycles. The SMILES string of the molecule is CC(=O)c1ccc(OCCCO)c(C)c1. The summed E-state index contributed by atoms with van der Waals surface area (Å²) in [5.41, 5.74) is 1.64. The Hall–Kier alpha value is -1.35. The number of ether oxygens (including phenoxy) is 1. The van der Waals surface area contributed by atoms with Gasteiger partial charge in [0.1, 0.15) is 5.75 Å². The van der Waals surface area contributed by atoms with E-state index < -0.39 is 0 Å². The molecular formula is C12H16O3. The second-order valence-corrected chi connectivity index (χ2v) is 3.46. The molecule has 0 aliphatic rings. The van der Waals surface area contributed by atoms with Crippen LogP contribution >= 0.6 is 0 Å². The average Bonchev–Trinajstić information content (AvgIpc) is 2.20. The molecule has 0 saturated carbocycles. The lowest BCUT2D eigenvalue weighted by Crippen LogP contribution is -2.02. The minimum absolute atomic E-state index is 0.0556. The van der Waals surface area contributed by atoms with Crippen LogP contribution < -0.4 is 4.74 Å². The van der Waals surface area contributed by atoms with Gasteiger partial charge in [0.15, 0.2) is 5.78 Å². The molecule has 3 nitrogen and oxygen atoms in total. The van der Waals surface area contributed by atoms with E-state index in [4.69, 9.17) is 9.84 Å². The highest BCUT2D eigenvalue weighted by Gasteiger charge is 2.03. The molecule has 82 valence electrons. The first-order chi connectivity index (χ1) is 7.15. The number of ketones is 1. The summed E-state index contributed by atoms with van der Waals surface area (Å²) in [4.78, 5) is 11.1. The van der Waals surface area contributed by atoms with Crippen LogP contribution in [0.3, 0.4) is 0 Å². The highest BCUT2D eigenvalue weighted by molar-refractivity contribution is 5.94. The fourth-order valence-electron chi connectivity index (χ4n) is 1.28. The molecule has 0 unspecified atom stereocenters. The fourth-order valence-corrected chi connectivity index (χ4v) is 1.28. The van der Waals surface area contributed by atoms with Crippen molar-refractivity contribution >= 4 is 5.78 Å². The lowest BCUT2D eigenvalue weighted by Gasteiger charge is -2.09. The van der Waals surface area contributed by atoms with Gasteiger partial charge in [-0.15, -0.1) is 0 Å². The van der Waals surface area contributed by atoms with Crippen LogP contribution in [0.25, 0.3) is 0 Å². The van der Waals surface area contributed by atoms with E-state index in [9.17, 15) is 4.79 Å². The van der Waals surface area contributed by atoms with E-state index in [0.717, 1.165) is 11.3 Å². The van der Waals surface area contributed by atoms with Gasteiger partial charge in [-0.1, -0.05) is 0 Å². The monoisotopic (exact) mass is 208 g/mol. The zero-order chi connectivity index (χ0) is 11.3. The highest BCUT2D eigenvalue weighted by atomic mass is 16.5. The molecule has 0 aliphatic carbocycles. The molecule has 0 amide bonds. The van der Waals surface area contributed by atoms with Crippen LogP contribution in [0.15, 0.2) is 18.2 Å². The molecule has 1 aromatic carbocycles. The van der Waals surface area contributed by atoms with E-state index in [2.05, 4.69) is 0 Å². The molecule has 0 bridgehead atoms. The van der Waals surface area contributed by atoms with Gasteiger partial charge in [-0.3, -0.25) is 4.79 Å². The van der Waals surface area contributed by atoms with Gasteiger partial charge < -0.3 is 9.84 Å². The van der Waals surface area contributed by atoms with Crippen molar-refractivity contribution in [3.63, 3.8) is 0 Å². The largest absolute Gasteiger partial charge is 0.493 e. The molecule has 1 aromatic rings. The van der Waals surface area contributed by atoms with Crippen molar-refractivity contribution in [2.45, 2.75) is 20.3 Å². The van der Waals surface area contributed by atoms with Gasteiger partial charge in [-0.05, 0) is 37.6 Å². The number of aliphatic hydroxyl groups excluding tert-OH is 1. The Balaban J connectivity index is 2.70. The Morgan fingerprint density at radius 2 is 2.20 bits per heavy atom. The number of hydrogen-bond donors (Lipinski definition) is 1. The number of Topliss-reactive ketones (excluding diaryl/α,β-unsaturated/α-hetero) is 1. The van der Waals surface area contributed by atoms with E-state index >= 15 is 0 Å². The number of aliphatic hydroxyl groups is 1. The van der Waals surface area contributed by atoms with Crippen LogP contribution in [0, 0.1) is 6.92 Å². The summed E-state index contributed by atoms with van der Waals surface area (Å²) >= 11 is 0. The van der Waals surface area contributed by atoms with Crippen molar-refractivity contribution in [1.82, 2.24) is 0 Å². The molecule has 0 spiro atoms. The molecule has 15 heavy (non-hydrogen) atoms. The topological polar surface area (TPSA) is 46.5 Å². The number of carbonyl (C=O) groups is 1. The highest BCUT2D eigenvalue weighted by Crippen LogP contribution is 2.19. The Bertz CT molecular complexity index is 345. The van der Waals surface area contributed by atoms with Crippen LogP contribution in [0.1, 0.15) is 29.3 Å². The molecule has 0 fully saturated rings. The number of carbonyl (C=O) groups excluding carboxylic acids is 1. The van der Waals surface area contributed by atoms with Crippen molar-refractivity contribution < 1.29 is 14.6 Å². The van der Waals surface area contributed by atoms with E-state index in [1.807, 2.05) is 13.0 Å². The first-order valence-corrected chi connectivity index (χ1v) is 5.00. The van der Waals surface area contributed by atoms with Gasteiger partial charge in [0.05, 0.1) is 6.61 Å². The average molecular weight is 208 g/mol. The zero-order valence-corrected chi connectivity index (χ0v) is 9.12. The van der Waals surface area contributed by atoms with E-state index in [1.165, 1.54) is 0 Å². The lowest BCUT2D eigenvalue weighted by molar-refractivity contribution is 0.101. The molecular weight excluding hydrogens is 192 g/mol. The van der Waals surface area contributed by atoms with E-state index in [0.29, 0.717) is 18.6 Å². The van der Waals surface area contributed by atoms with Crippen LogP contribution in [0.4, 0.5) is 0 Å². The Morgan fingerprint density at radius 1 is 1.47 bits per heavy atom. The maximum atomic E-state index is 11.1. The van der Waals surface area contributed by atoms with Gasteiger partial charge >= 0.3 is 0 Å². The van der Waals surface area contributed by atoms with Crippen molar-refractivity contribution in [3.8, 4) is 5.75 Å². The normalized spacial score (nSPS) is 10.1. The molecule has 0 aromatic heterocycles. The van der Waals surface area contributed by atoms with Gasteiger partial charge in [-0.25, -0.2) is 0 Å². The Morgan fingerprint density at radius 3 is 2.73 bits per heavy atom. The van der Waals surface area contributed by atoms with Crippen molar-refractivity contribution in [2.75, 3.05) is 13.2 Å². The minimum Gasteiger partial charge on any atom is -0.493 e. The summed E-state index contributed by atoms with van der Waals surface area (Å²) in [5.74, 6) is 0.827. The van der Waals surface area contributed by atoms with Crippen LogP contribution in [0.2, 0.25) is 0 Å². The molecule has 1 N–H and O–H groups in total. The summed E-state index contributed by atoms with van der Waals surface area (Å²) in [6.07, 6.45) is 0.619. The van der Waals surface area contributed by atoms with Crippen LogP contribution in [-0.4, -0.2) is 24.1 Å². The molecule has 0 aliphatic heterocycles. The standard InChI is InChI=1S/C12H16O3/c1-9-8-11(10(2)14)4-5-12(9)15-7-3-6-13/h4-5,8,13H,3,6-7H2,1-2H3. The van der Waals surface area contributed by atoms with E-state index in [1.54, 1.807) is 19.1 Å². The third-order valence-corrected chi connectivity index (χ3v) is 2.14. The van der Waals surface area contributed by atoms with Crippen LogP contribution in [-0.2, 0) is 0 Å². The summed E-state index contributed by atoms with van der Waals surface area (Å²) in [5, 5.41) is 8.61. The fraction of sp³-hybridized carbons (Fsp3) is 0.417. The first kappa shape index (κ1) is 11.7. The summed E-state index contributed by atoms with van der Waals surface area (Å²) in [7, 11) is 0. The number of hydrogen-bond acceptors (Lipinski definition) is 3. The van der Waals surface area contributed by atoms with Crippen molar-refractivity contribution in [3.05, 3.63) is 29.3 Å². The van der Waals surface area contributed by atoms with Gasteiger partial charge in [-0.2, -0.15) is 0 Å². The van der Waals surface area contributed by atoms with Gasteiger partial charge in [0.2, 0.25) is 0 Å². The minimum atomic E-state index is 0.0556. The molecule has 0 radical (unpaired) electrons. The Kier molecular flexibility index (Phi) is 4.31. The third-order valence-electron chi connectivity index (χ3n) is 2.14. The second kappa shape index (κ2) is 5.51. The lowest BCUT2D eigenvalue weighted by atomic mass is 10.1.